The van der Waals surface area contributed by atoms with Crippen molar-refractivity contribution in [3.8, 4) is 0 Å². The first-order chi connectivity index (χ1) is 17.4. The Morgan fingerprint density at radius 3 is 2.64 bits per heavy atom. The SMILES string of the molecule is C[C@H](Nc1nc(C(=O)N2CC(NC(=O)C34CCC(CC3)CC4)C2)c2sccc2n1)c1cncc(F)c1. The molecule has 3 aliphatic carbocycles. The minimum Gasteiger partial charge on any atom is -0.349 e. The molecular weight excluding hydrogens is 479 g/mol. The number of nitrogens with one attached hydrogen (secondary N) is 2. The molecule has 4 aliphatic rings. The second-order valence-electron chi connectivity index (χ2n) is 10.5. The maximum atomic E-state index is 13.6. The second kappa shape index (κ2) is 9.06. The molecule has 2 amide bonds. The zero-order chi connectivity index (χ0) is 24.9. The van der Waals surface area contributed by atoms with Gasteiger partial charge in [-0.15, -0.1) is 11.3 Å². The summed E-state index contributed by atoms with van der Waals surface area (Å²) in [6.45, 7) is 2.82. The number of thiophene rings is 1. The minimum atomic E-state index is -0.415. The molecule has 2 bridgehead atoms. The maximum Gasteiger partial charge on any atom is 0.274 e. The molecule has 8 nitrogen and oxygen atoms in total. The Morgan fingerprint density at radius 1 is 1.17 bits per heavy atom. The van der Waals surface area contributed by atoms with Gasteiger partial charge in [-0.05, 0) is 74.4 Å². The lowest BCUT2D eigenvalue weighted by Gasteiger charge is -2.47. The van der Waals surface area contributed by atoms with Crippen LogP contribution in [0.2, 0.25) is 0 Å². The fourth-order valence-corrected chi connectivity index (χ4v) is 6.64. The number of aromatic nitrogens is 3. The molecule has 10 heteroatoms. The molecule has 0 aromatic carbocycles. The number of carbonyl (C=O) groups excluding carboxylic acids is 2. The first-order valence-corrected chi connectivity index (χ1v) is 13.5. The van der Waals surface area contributed by atoms with Crippen LogP contribution < -0.4 is 10.6 Å². The van der Waals surface area contributed by atoms with Crippen molar-refractivity contribution < 1.29 is 14.0 Å². The standard InChI is InChI=1S/C26H29FN6O2S/c1-15(17-10-18(27)12-28-11-17)29-25-31-20-5-9-36-22(20)21(32-25)23(34)33-13-19(14-33)30-24(35)26-6-2-16(3-7-26)4-8-26/h5,9-12,15-16,19H,2-4,6-8,13-14H2,1H3,(H,30,35)(H,29,31,32)/t15-,16?,26?/m0/s1. The zero-order valence-corrected chi connectivity index (χ0v) is 21.0. The van der Waals surface area contributed by atoms with Gasteiger partial charge in [0.05, 0.1) is 28.5 Å². The van der Waals surface area contributed by atoms with Crippen molar-refractivity contribution in [1.29, 1.82) is 0 Å². The highest BCUT2D eigenvalue weighted by Crippen LogP contribution is 2.50. The molecule has 7 rings (SSSR count). The van der Waals surface area contributed by atoms with Crippen molar-refractivity contribution in [2.45, 2.75) is 57.5 Å². The van der Waals surface area contributed by atoms with Crippen LogP contribution in [-0.4, -0.2) is 50.8 Å². The topological polar surface area (TPSA) is 100 Å². The molecule has 36 heavy (non-hydrogen) atoms. The normalized spacial score (nSPS) is 24.4. The van der Waals surface area contributed by atoms with E-state index in [1.165, 1.54) is 17.4 Å². The number of hydrogen-bond donors (Lipinski definition) is 2. The average molecular weight is 509 g/mol. The van der Waals surface area contributed by atoms with Crippen LogP contribution in [0, 0.1) is 17.2 Å². The fraction of sp³-hybridized carbons (Fsp3) is 0.500. The van der Waals surface area contributed by atoms with E-state index in [1.807, 2.05) is 18.4 Å². The molecule has 0 unspecified atom stereocenters. The molecule has 1 saturated heterocycles. The first-order valence-electron chi connectivity index (χ1n) is 12.6. The van der Waals surface area contributed by atoms with Gasteiger partial charge in [-0.3, -0.25) is 14.6 Å². The van der Waals surface area contributed by atoms with E-state index in [2.05, 4.69) is 25.6 Å². The number of carbonyl (C=O) groups is 2. The molecule has 3 aromatic heterocycles. The summed E-state index contributed by atoms with van der Waals surface area (Å²) in [4.78, 5) is 41.2. The molecule has 3 aromatic rings. The Labute approximate surface area is 212 Å². The molecule has 188 valence electrons. The summed E-state index contributed by atoms with van der Waals surface area (Å²) < 4.78 is 14.3. The van der Waals surface area contributed by atoms with Gasteiger partial charge >= 0.3 is 0 Å². The molecule has 4 fully saturated rings. The van der Waals surface area contributed by atoms with E-state index in [9.17, 15) is 14.0 Å². The van der Waals surface area contributed by atoms with E-state index in [0.717, 1.165) is 55.3 Å². The minimum absolute atomic E-state index is 0.0192. The highest BCUT2D eigenvalue weighted by molar-refractivity contribution is 7.17. The third kappa shape index (κ3) is 4.21. The van der Waals surface area contributed by atoms with Crippen LogP contribution in [0.3, 0.4) is 0 Å². The summed E-state index contributed by atoms with van der Waals surface area (Å²) in [6, 6.07) is 2.95. The van der Waals surface area contributed by atoms with E-state index in [1.54, 1.807) is 11.1 Å². The number of halogens is 1. The van der Waals surface area contributed by atoms with Crippen molar-refractivity contribution in [3.63, 3.8) is 0 Å². The van der Waals surface area contributed by atoms with E-state index < -0.39 is 5.82 Å². The zero-order valence-electron chi connectivity index (χ0n) is 20.2. The third-order valence-electron chi connectivity index (χ3n) is 8.16. The van der Waals surface area contributed by atoms with Gasteiger partial charge in [-0.1, -0.05) is 0 Å². The first kappa shape index (κ1) is 23.3. The van der Waals surface area contributed by atoms with Crippen molar-refractivity contribution >= 4 is 39.3 Å². The lowest BCUT2D eigenvalue weighted by atomic mass is 9.60. The molecular formula is C26H29FN6O2S. The predicted molar refractivity (Wildman–Crippen MR) is 135 cm³/mol. The van der Waals surface area contributed by atoms with Gasteiger partial charge in [-0.2, -0.15) is 0 Å². The highest BCUT2D eigenvalue weighted by Gasteiger charge is 2.47. The fourth-order valence-electron chi connectivity index (χ4n) is 5.83. The van der Waals surface area contributed by atoms with Crippen LogP contribution in [0.5, 0.6) is 0 Å². The smallest absolute Gasteiger partial charge is 0.274 e. The van der Waals surface area contributed by atoms with Crippen LogP contribution in [0.25, 0.3) is 10.2 Å². The van der Waals surface area contributed by atoms with Crippen LogP contribution >= 0.6 is 11.3 Å². The van der Waals surface area contributed by atoms with Crippen LogP contribution in [0.15, 0.2) is 29.9 Å². The number of rotatable bonds is 6. The summed E-state index contributed by atoms with van der Waals surface area (Å²) in [5.74, 6) is 0.702. The van der Waals surface area contributed by atoms with Gasteiger partial charge in [0.2, 0.25) is 11.9 Å². The summed E-state index contributed by atoms with van der Waals surface area (Å²) in [6.07, 6.45) is 9.22. The summed E-state index contributed by atoms with van der Waals surface area (Å²) >= 11 is 1.43. The number of amides is 2. The Kier molecular flexibility index (Phi) is 5.86. The number of nitrogens with zero attached hydrogens (tertiary/aromatic N) is 4. The molecule has 3 saturated carbocycles. The van der Waals surface area contributed by atoms with E-state index >= 15 is 0 Å². The van der Waals surface area contributed by atoms with Gasteiger partial charge in [0, 0.05) is 24.7 Å². The van der Waals surface area contributed by atoms with Crippen LogP contribution in [0.1, 0.15) is 67.5 Å². The molecule has 1 aliphatic heterocycles. The quantitative estimate of drug-likeness (QED) is 0.515. The molecule has 0 radical (unpaired) electrons. The van der Waals surface area contributed by atoms with Gasteiger partial charge in [0.1, 0.15) is 5.82 Å². The van der Waals surface area contributed by atoms with Crippen LogP contribution in [-0.2, 0) is 4.79 Å². The van der Waals surface area contributed by atoms with Crippen molar-refractivity contribution in [2.75, 3.05) is 18.4 Å². The Balaban J connectivity index is 1.13. The predicted octanol–water partition coefficient (Wildman–Crippen LogP) is 4.31. The lowest BCUT2D eigenvalue weighted by molar-refractivity contribution is -0.138. The molecule has 4 heterocycles. The molecule has 0 spiro atoms. The van der Waals surface area contributed by atoms with Crippen molar-refractivity contribution in [3.05, 3.63) is 47.0 Å². The van der Waals surface area contributed by atoms with Gasteiger partial charge < -0.3 is 15.5 Å². The van der Waals surface area contributed by atoms with Gasteiger partial charge in [0.25, 0.3) is 5.91 Å². The summed E-state index contributed by atoms with van der Waals surface area (Å²) in [5.41, 5.74) is 1.49. The number of hydrogen-bond acceptors (Lipinski definition) is 7. The Morgan fingerprint density at radius 2 is 1.92 bits per heavy atom. The summed E-state index contributed by atoms with van der Waals surface area (Å²) in [5, 5.41) is 8.28. The number of likely N-dealkylation sites (tertiary alicyclic amines) is 1. The molecule has 2 N–H and O–H groups in total. The number of pyridine rings is 1. The second-order valence-corrected chi connectivity index (χ2v) is 11.4. The van der Waals surface area contributed by atoms with Crippen molar-refractivity contribution in [2.24, 2.45) is 11.3 Å². The maximum absolute atomic E-state index is 13.6. The summed E-state index contributed by atoms with van der Waals surface area (Å²) in [7, 11) is 0. The van der Waals surface area contributed by atoms with Gasteiger partial charge in [0.15, 0.2) is 5.69 Å². The molecule has 1 atom stereocenters. The average Bonchev–Trinajstić information content (AvgIpc) is 3.35. The van der Waals surface area contributed by atoms with Gasteiger partial charge in [-0.25, -0.2) is 14.4 Å². The lowest BCUT2D eigenvalue weighted by Crippen LogP contribution is -2.63. The van der Waals surface area contributed by atoms with E-state index in [4.69, 9.17) is 0 Å². The van der Waals surface area contributed by atoms with Crippen LogP contribution in [0.4, 0.5) is 10.3 Å². The van der Waals surface area contributed by atoms with E-state index in [0.29, 0.717) is 35.8 Å². The largest absolute Gasteiger partial charge is 0.349 e. The Bertz CT molecular complexity index is 1300. The Hall–Kier alpha value is -3.14. The number of fused-ring (bicyclic) bond motifs is 4. The van der Waals surface area contributed by atoms with E-state index in [-0.39, 0.29) is 29.3 Å². The van der Waals surface area contributed by atoms with Crippen molar-refractivity contribution in [1.82, 2.24) is 25.2 Å². The highest BCUT2D eigenvalue weighted by atomic mass is 32.1. The third-order valence-corrected chi connectivity index (χ3v) is 9.07. The number of anilines is 1. The monoisotopic (exact) mass is 508 g/mol.